The van der Waals surface area contributed by atoms with Gasteiger partial charge in [-0.05, 0) is 37.6 Å². The number of ketones is 1. The van der Waals surface area contributed by atoms with Crippen LogP contribution < -0.4 is 0 Å². The topological polar surface area (TPSA) is 17.1 Å². The van der Waals surface area contributed by atoms with E-state index in [4.69, 9.17) is 11.6 Å². The van der Waals surface area contributed by atoms with Gasteiger partial charge in [0, 0.05) is 5.02 Å². The predicted octanol–water partition coefficient (Wildman–Crippen LogP) is 4.10. The van der Waals surface area contributed by atoms with Crippen molar-refractivity contribution in [2.24, 2.45) is 0 Å². The van der Waals surface area contributed by atoms with Crippen molar-refractivity contribution in [2.75, 3.05) is 0 Å². The summed E-state index contributed by atoms with van der Waals surface area (Å²) in [6.45, 7) is 3.64. The molecule has 0 aromatic heterocycles. The lowest BCUT2D eigenvalue weighted by Gasteiger charge is -2.10. The molecule has 15 heavy (non-hydrogen) atoms. The van der Waals surface area contributed by atoms with Crippen LogP contribution in [0, 0.1) is 0 Å². The molecule has 0 spiro atoms. The second-order valence-electron chi connectivity index (χ2n) is 3.72. The molecule has 0 heterocycles. The lowest BCUT2D eigenvalue weighted by Crippen LogP contribution is -2.21. The lowest BCUT2D eigenvalue weighted by molar-refractivity contribution is -0.115. The molecular weight excluding hydrogens is 275 g/mol. The van der Waals surface area contributed by atoms with Gasteiger partial charge in [0.15, 0.2) is 5.78 Å². The number of alkyl halides is 1. The molecule has 80 valence electrons. The molecule has 0 aliphatic heterocycles. The van der Waals surface area contributed by atoms with E-state index >= 15 is 0 Å². The molecule has 0 saturated heterocycles. The van der Waals surface area contributed by atoms with Crippen LogP contribution >= 0.6 is 27.5 Å². The second kappa shape index (κ2) is 4.95. The van der Waals surface area contributed by atoms with Gasteiger partial charge >= 0.3 is 0 Å². The molecule has 1 nitrogen and oxygen atoms in total. The molecule has 0 saturated carbocycles. The standard InChI is InChI=1S/C12H12BrClO/c1-12(2,13)11(15)8-5-9-3-6-10(14)7-4-9/h3-8H,1-2H3/b8-5-. The summed E-state index contributed by atoms with van der Waals surface area (Å²) in [5.74, 6) is 0.0393. The van der Waals surface area contributed by atoms with Crippen molar-refractivity contribution < 1.29 is 4.79 Å². The van der Waals surface area contributed by atoms with Gasteiger partial charge in [-0.2, -0.15) is 0 Å². The normalized spacial score (nSPS) is 12.0. The first-order valence-corrected chi connectivity index (χ1v) is 5.74. The van der Waals surface area contributed by atoms with E-state index < -0.39 is 4.32 Å². The first-order valence-electron chi connectivity index (χ1n) is 4.56. The van der Waals surface area contributed by atoms with Gasteiger partial charge in [-0.25, -0.2) is 0 Å². The minimum atomic E-state index is -0.504. The largest absolute Gasteiger partial charge is 0.293 e. The van der Waals surface area contributed by atoms with Crippen LogP contribution in [-0.2, 0) is 4.79 Å². The van der Waals surface area contributed by atoms with Gasteiger partial charge < -0.3 is 0 Å². The SMILES string of the molecule is CC(C)(Br)C(=O)/C=C\c1ccc(Cl)cc1. The number of benzene rings is 1. The number of carbonyl (C=O) groups excluding carboxylic acids is 1. The summed E-state index contributed by atoms with van der Waals surface area (Å²) in [4.78, 5) is 11.5. The molecule has 0 aliphatic rings. The number of halogens is 2. The van der Waals surface area contributed by atoms with Crippen LogP contribution in [-0.4, -0.2) is 10.1 Å². The fourth-order valence-electron chi connectivity index (χ4n) is 0.944. The van der Waals surface area contributed by atoms with Crippen molar-refractivity contribution >= 4 is 39.4 Å². The predicted molar refractivity (Wildman–Crippen MR) is 68.5 cm³/mol. The van der Waals surface area contributed by atoms with Crippen LogP contribution in [0.3, 0.4) is 0 Å². The minimum Gasteiger partial charge on any atom is -0.293 e. The van der Waals surface area contributed by atoms with Crippen molar-refractivity contribution in [3.8, 4) is 0 Å². The Bertz CT molecular complexity index is 374. The van der Waals surface area contributed by atoms with Crippen molar-refractivity contribution in [3.05, 3.63) is 40.9 Å². The monoisotopic (exact) mass is 286 g/mol. The van der Waals surface area contributed by atoms with Crippen molar-refractivity contribution in [1.29, 1.82) is 0 Å². The van der Waals surface area contributed by atoms with Crippen LogP contribution in [0.5, 0.6) is 0 Å². The van der Waals surface area contributed by atoms with Crippen molar-refractivity contribution in [3.63, 3.8) is 0 Å². The van der Waals surface area contributed by atoms with Crippen LogP contribution in [0.2, 0.25) is 5.02 Å². The maximum absolute atomic E-state index is 11.5. The Kier molecular flexibility index (Phi) is 4.12. The summed E-state index contributed by atoms with van der Waals surface area (Å²) < 4.78 is -0.504. The Morgan fingerprint density at radius 1 is 1.33 bits per heavy atom. The number of hydrogen-bond acceptors (Lipinski definition) is 1. The second-order valence-corrected chi connectivity index (χ2v) is 6.14. The molecule has 1 aromatic carbocycles. The van der Waals surface area contributed by atoms with Crippen LogP contribution in [0.1, 0.15) is 19.4 Å². The van der Waals surface area contributed by atoms with E-state index in [9.17, 15) is 4.79 Å². The molecule has 0 radical (unpaired) electrons. The van der Waals surface area contributed by atoms with Crippen LogP contribution in [0.4, 0.5) is 0 Å². The zero-order chi connectivity index (χ0) is 11.5. The number of allylic oxidation sites excluding steroid dienone is 1. The Morgan fingerprint density at radius 3 is 2.33 bits per heavy atom. The first kappa shape index (κ1) is 12.5. The molecule has 0 N–H and O–H groups in total. The van der Waals surface area contributed by atoms with Gasteiger partial charge in [0.05, 0.1) is 4.32 Å². The minimum absolute atomic E-state index is 0.0393. The van der Waals surface area contributed by atoms with Crippen molar-refractivity contribution in [2.45, 2.75) is 18.2 Å². The Labute approximate surface area is 103 Å². The lowest BCUT2D eigenvalue weighted by atomic mass is 10.1. The highest BCUT2D eigenvalue weighted by molar-refractivity contribution is 9.10. The van der Waals surface area contributed by atoms with E-state index in [1.807, 2.05) is 26.0 Å². The Balaban J connectivity index is 2.74. The van der Waals surface area contributed by atoms with Gasteiger partial charge in [0.2, 0.25) is 0 Å². The quantitative estimate of drug-likeness (QED) is 0.604. The maximum Gasteiger partial charge on any atom is 0.171 e. The molecular formula is C12H12BrClO. The molecule has 1 aromatic rings. The average Bonchev–Trinajstić information content (AvgIpc) is 2.15. The summed E-state index contributed by atoms with van der Waals surface area (Å²) >= 11 is 9.06. The third-order valence-electron chi connectivity index (χ3n) is 1.88. The molecule has 0 unspecified atom stereocenters. The first-order chi connectivity index (χ1) is 6.89. The van der Waals surface area contributed by atoms with Gasteiger partial charge in [0.25, 0.3) is 0 Å². The Hall–Kier alpha value is -0.600. The van der Waals surface area contributed by atoms with E-state index in [0.29, 0.717) is 5.02 Å². The molecule has 0 amide bonds. The summed E-state index contributed by atoms with van der Waals surface area (Å²) in [6.07, 6.45) is 3.35. The van der Waals surface area contributed by atoms with Crippen LogP contribution in [0.15, 0.2) is 30.3 Å². The van der Waals surface area contributed by atoms with Crippen LogP contribution in [0.25, 0.3) is 6.08 Å². The molecule has 1 rings (SSSR count). The van der Waals surface area contributed by atoms with E-state index in [0.717, 1.165) is 5.56 Å². The number of hydrogen-bond donors (Lipinski definition) is 0. The molecule has 3 heteroatoms. The summed E-state index contributed by atoms with van der Waals surface area (Å²) in [7, 11) is 0. The van der Waals surface area contributed by atoms with E-state index in [1.54, 1.807) is 24.3 Å². The zero-order valence-electron chi connectivity index (χ0n) is 8.63. The smallest absolute Gasteiger partial charge is 0.171 e. The highest BCUT2D eigenvalue weighted by Crippen LogP contribution is 2.18. The third kappa shape index (κ3) is 4.18. The van der Waals surface area contributed by atoms with Gasteiger partial charge in [-0.15, -0.1) is 0 Å². The number of rotatable bonds is 3. The van der Waals surface area contributed by atoms with Gasteiger partial charge in [0.1, 0.15) is 0 Å². The molecule has 0 aliphatic carbocycles. The summed E-state index contributed by atoms with van der Waals surface area (Å²) in [5.41, 5.74) is 0.963. The van der Waals surface area contributed by atoms with E-state index in [2.05, 4.69) is 15.9 Å². The maximum atomic E-state index is 11.5. The zero-order valence-corrected chi connectivity index (χ0v) is 11.0. The molecule has 0 atom stereocenters. The fourth-order valence-corrected chi connectivity index (χ4v) is 1.20. The van der Waals surface area contributed by atoms with E-state index in [1.165, 1.54) is 0 Å². The molecule has 0 fully saturated rings. The summed E-state index contributed by atoms with van der Waals surface area (Å²) in [6, 6.07) is 7.33. The average molecular weight is 288 g/mol. The highest BCUT2D eigenvalue weighted by atomic mass is 79.9. The summed E-state index contributed by atoms with van der Waals surface area (Å²) in [5, 5.41) is 0.694. The van der Waals surface area contributed by atoms with Gasteiger partial charge in [-0.3, -0.25) is 4.79 Å². The van der Waals surface area contributed by atoms with Gasteiger partial charge in [-0.1, -0.05) is 45.7 Å². The van der Waals surface area contributed by atoms with Crippen molar-refractivity contribution in [1.82, 2.24) is 0 Å². The fraction of sp³-hybridized carbons (Fsp3) is 0.250. The molecule has 0 bridgehead atoms. The number of carbonyl (C=O) groups is 1. The highest BCUT2D eigenvalue weighted by Gasteiger charge is 2.20. The van der Waals surface area contributed by atoms with E-state index in [-0.39, 0.29) is 5.78 Å². The Morgan fingerprint density at radius 2 is 1.87 bits per heavy atom. The third-order valence-corrected chi connectivity index (χ3v) is 2.53.